The number of ether oxygens (including phenoxy) is 1. The van der Waals surface area contributed by atoms with Gasteiger partial charge in [0.2, 0.25) is 5.88 Å². The molecule has 3 aromatic rings. The molecule has 0 aliphatic heterocycles. The van der Waals surface area contributed by atoms with E-state index in [-0.39, 0.29) is 6.10 Å². The number of hydrogen-bond acceptors (Lipinski definition) is 3. The van der Waals surface area contributed by atoms with Crippen LogP contribution < -0.4 is 4.74 Å². The van der Waals surface area contributed by atoms with Crippen LogP contribution in [0.15, 0.2) is 42.6 Å². The second-order valence-corrected chi connectivity index (χ2v) is 5.54. The molecule has 1 radical (unpaired) electrons. The largest absolute Gasteiger partial charge is 0.474 e. The molecular weight excluding hydrogens is 298 g/mol. The Balaban J connectivity index is 2.01. The Morgan fingerprint density at radius 2 is 2.09 bits per heavy atom. The summed E-state index contributed by atoms with van der Waals surface area (Å²) in [6.45, 7) is 5.86. The Kier molecular flexibility index (Phi) is 4.29. The highest BCUT2D eigenvalue weighted by atomic mass is 35.5. The highest BCUT2D eigenvalue weighted by molar-refractivity contribution is 6.33. The maximum Gasteiger partial charge on any atom is 0.232 e. The zero-order valence-corrected chi connectivity index (χ0v) is 13.1. The highest BCUT2D eigenvalue weighted by Gasteiger charge is 2.12. The molecule has 1 unspecified atom stereocenters. The van der Waals surface area contributed by atoms with Gasteiger partial charge in [0.1, 0.15) is 0 Å². The standard InChI is InChI=1S/C17H17ClN3O/c1-3-6-12(2)22-17-10-9-16-19-11-15(21(16)20-17)13-7-4-5-8-14(13)18/h4-5,7-12H,1,3,6H2,2H3. The van der Waals surface area contributed by atoms with Crippen molar-refractivity contribution in [1.82, 2.24) is 14.6 Å². The van der Waals surface area contributed by atoms with Gasteiger partial charge < -0.3 is 4.74 Å². The molecule has 0 saturated carbocycles. The first kappa shape index (κ1) is 14.9. The Morgan fingerprint density at radius 1 is 1.27 bits per heavy atom. The molecule has 0 N–H and O–H groups in total. The van der Waals surface area contributed by atoms with E-state index in [1.54, 1.807) is 10.7 Å². The predicted molar refractivity (Wildman–Crippen MR) is 88.1 cm³/mol. The van der Waals surface area contributed by atoms with Gasteiger partial charge in [-0.05, 0) is 31.9 Å². The Bertz CT molecular complexity index is 784. The van der Waals surface area contributed by atoms with Crippen LogP contribution in [0.4, 0.5) is 0 Å². The van der Waals surface area contributed by atoms with Crippen molar-refractivity contribution in [3.05, 3.63) is 54.5 Å². The van der Waals surface area contributed by atoms with Crippen molar-refractivity contribution in [2.45, 2.75) is 25.9 Å². The van der Waals surface area contributed by atoms with Crippen LogP contribution >= 0.6 is 11.6 Å². The molecule has 0 aliphatic rings. The van der Waals surface area contributed by atoms with Gasteiger partial charge in [0.05, 0.1) is 23.0 Å². The maximum atomic E-state index is 6.27. The summed E-state index contributed by atoms with van der Waals surface area (Å²) in [5.74, 6) is 0.569. The summed E-state index contributed by atoms with van der Waals surface area (Å²) in [6, 6.07) is 11.4. The summed E-state index contributed by atoms with van der Waals surface area (Å²) in [7, 11) is 0. The molecular formula is C17H17ClN3O. The predicted octanol–water partition coefficient (Wildman–Crippen LogP) is 4.43. The lowest BCUT2D eigenvalue weighted by molar-refractivity contribution is 0.201. The van der Waals surface area contributed by atoms with E-state index in [1.807, 2.05) is 43.3 Å². The lowest BCUT2D eigenvalue weighted by Gasteiger charge is -2.13. The zero-order valence-electron chi connectivity index (χ0n) is 12.4. The van der Waals surface area contributed by atoms with Crippen molar-refractivity contribution in [3.8, 4) is 17.1 Å². The molecule has 5 heteroatoms. The number of benzene rings is 1. The van der Waals surface area contributed by atoms with Crippen LogP contribution in [0, 0.1) is 6.92 Å². The summed E-state index contributed by atoms with van der Waals surface area (Å²) in [6.07, 6.45) is 3.57. The Morgan fingerprint density at radius 3 is 2.86 bits per heavy atom. The molecule has 3 rings (SSSR count). The fourth-order valence-electron chi connectivity index (χ4n) is 2.32. The van der Waals surface area contributed by atoms with Crippen LogP contribution in [0.3, 0.4) is 0 Å². The van der Waals surface area contributed by atoms with Crippen molar-refractivity contribution in [1.29, 1.82) is 0 Å². The van der Waals surface area contributed by atoms with Crippen LogP contribution in [0.5, 0.6) is 5.88 Å². The van der Waals surface area contributed by atoms with E-state index in [2.05, 4.69) is 17.0 Å². The average Bonchev–Trinajstić information content (AvgIpc) is 2.91. The lowest BCUT2D eigenvalue weighted by Crippen LogP contribution is -2.13. The molecule has 0 fully saturated rings. The molecule has 0 amide bonds. The molecule has 0 aliphatic carbocycles. The van der Waals surface area contributed by atoms with E-state index >= 15 is 0 Å². The molecule has 0 bridgehead atoms. The average molecular weight is 315 g/mol. The number of halogens is 1. The van der Waals surface area contributed by atoms with Gasteiger partial charge in [0.15, 0.2) is 5.65 Å². The van der Waals surface area contributed by atoms with E-state index in [9.17, 15) is 0 Å². The number of hydrogen-bond donors (Lipinski definition) is 0. The third-order valence-corrected chi connectivity index (χ3v) is 3.75. The molecule has 0 saturated heterocycles. The third-order valence-electron chi connectivity index (χ3n) is 3.42. The first-order valence-corrected chi connectivity index (χ1v) is 7.62. The number of aromatic nitrogens is 3. The van der Waals surface area contributed by atoms with Crippen LogP contribution in [-0.2, 0) is 0 Å². The SMILES string of the molecule is [CH2]CCC(C)Oc1ccc2ncc(-c3ccccc3Cl)n2n1. The van der Waals surface area contributed by atoms with E-state index in [1.165, 1.54) is 0 Å². The van der Waals surface area contributed by atoms with Crippen LogP contribution in [0.25, 0.3) is 16.9 Å². The van der Waals surface area contributed by atoms with Gasteiger partial charge in [-0.3, -0.25) is 0 Å². The molecule has 1 atom stereocenters. The molecule has 113 valence electrons. The summed E-state index contributed by atoms with van der Waals surface area (Å²) in [4.78, 5) is 4.37. The van der Waals surface area contributed by atoms with Crippen molar-refractivity contribution in [3.63, 3.8) is 0 Å². The molecule has 4 nitrogen and oxygen atoms in total. The van der Waals surface area contributed by atoms with Crippen molar-refractivity contribution in [2.75, 3.05) is 0 Å². The minimum absolute atomic E-state index is 0.0785. The first-order chi connectivity index (χ1) is 10.7. The van der Waals surface area contributed by atoms with Gasteiger partial charge in [0.25, 0.3) is 0 Å². The fourth-order valence-corrected chi connectivity index (χ4v) is 2.56. The molecule has 0 spiro atoms. The normalized spacial score (nSPS) is 12.5. The number of nitrogens with zero attached hydrogens (tertiary/aromatic N) is 3. The number of fused-ring (bicyclic) bond motifs is 1. The van der Waals surface area contributed by atoms with Gasteiger partial charge in [0, 0.05) is 11.6 Å². The van der Waals surface area contributed by atoms with Crippen molar-refractivity contribution < 1.29 is 4.74 Å². The number of rotatable bonds is 5. The van der Waals surface area contributed by atoms with E-state index in [0.29, 0.717) is 10.9 Å². The number of imidazole rings is 1. The van der Waals surface area contributed by atoms with Gasteiger partial charge >= 0.3 is 0 Å². The second-order valence-electron chi connectivity index (χ2n) is 5.14. The monoisotopic (exact) mass is 314 g/mol. The second kappa shape index (κ2) is 6.36. The Hall–Kier alpha value is -2.07. The van der Waals surface area contributed by atoms with Crippen molar-refractivity contribution in [2.24, 2.45) is 0 Å². The van der Waals surface area contributed by atoms with Gasteiger partial charge in [-0.15, -0.1) is 5.10 Å². The van der Waals surface area contributed by atoms with E-state index in [0.717, 1.165) is 29.7 Å². The summed E-state index contributed by atoms with van der Waals surface area (Å²) < 4.78 is 7.58. The maximum absolute atomic E-state index is 6.27. The molecule has 2 aromatic heterocycles. The van der Waals surface area contributed by atoms with E-state index < -0.39 is 0 Å². The third kappa shape index (κ3) is 2.92. The minimum Gasteiger partial charge on any atom is -0.474 e. The quantitative estimate of drug-likeness (QED) is 0.699. The summed E-state index contributed by atoms with van der Waals surface area (Å²) >= 11 is 6.27. The van der Waals surface area contributed by atoms with Crippen LogP contribution in [-0.4, -0.2) is 20.7 Å². The van der Waals surface area contributed by atoms with Crippen LogP contribution in [0.2, 0.25) is 5.02 Å². The zero-order chi connectivity index (χ0) is 15.5. The minimum atomic E-state index is 0.0785. The lowest BCUT2D eigenvalue weighted by atomic mass is 10.2. The molecule has 1 aromatic carbocycles. The summed E-state index contributed by atoms with van der Waals surface area (Å²) in [5.41, 5.74) is 2.50. The topological polar surface area (TPSA) is 39.4 Å². The first-order valence-electron chi connectivity index (χ1n) is 7.24. The fraction of sp³-hybridized carbons (Fsp3) is 0.235. The molecule has 22 heavy (non-hydrogen) atoms. The van der Waals surface area contributed by atoms with Crippen molar-refractivity contribution >= 4 is 17.2 Å². The van der Waals surface area contributed by atoms with E-state index in [4.69, 9.17) is 16.3 Å². The summed E-state index contributed by atoms with van der Waals surface area (Å²) in [5, 5.41) is 5.20. The van der Waals surface area contributed by atoms with Gasteiger partial charge in [-0.25, -0.2) is 9.50 Å². The smallest absolute Gasteiger partial charge is 0.232 e. The highest BCUT2D eigenvalue weighted by Crippen LogP contribution is 2.28. The van der Waals surface area contributed by atoms with Gasteiger partial charge in [-0.1, -0.05) is 36.7 Å². The molecule has 2 heterocycles. The Labute approximate surface area is 134 Å². The van der Waals surface area contributed by atoms with Gasteiger partial charge in [-0.2, -0.15) is 0 Å². The van der Waals surface area contributed by atoms with Crippen LogP contribution in [0.1, 0.15) is 19.8 Å².